The van der Waals surface area contributed by atoms with Gasteiger partial charge in [0.15, 0.2) is 4.32 Å². The molecule has 24 heavy (non-hydrogen) atoms. The van der Waals surface area contributed by atoms with Crippen molar-refractivity contribution in [2.24, 2.45) is 0 Å². The van der Waals surface area contributed by atoms with Crippen LogP contribution >= 0.6 is 24.0 Å². The molecule has 0 N–H and O–H groups in total. The molecule has 0 saturated carbocycles. The molecule has 2 saturated heterocycles. The number of thioether (sulfide) groups is 1. The van der Waals surface area contributed by atoms with Gasteiger partial charge in [0, 0.05) is 5.70 Å². The van der Waals surface area contributed by atoms with Crippen LogP contribution in [0.2, 0.25) is 0 Å². The van der Waals surface area contributed by atoms with Gasteiger partial charge in [0.2, 0.25) is 0 Å². The van der Waals surface area contributed by atoms with Crippen LogP contribution in [0.15, 0.2) is 53.1 Å². The van der Waals surface area contributed by atoms with E-state index in [0.717, 1.165) is 5.56 Å². The van der Waals surface area contributed by atoms with Crippen LogP contribution < -0.4 is 0 Å². The average Bonchev–Trinajstić information content (AvgIpc) is 3.14. The Kier molecular flexibility index (Phi) is 4.09. The van der Waals surface area contributed by atoms with E-state index in [1.54, 1.807) is 18.2 Å². The number of rotatable bonds is 2. The normalized spacial score (nSPS) is 27.8. The first-order valence-corrected chi connectivity index (χ1v) is 8.51. The van der Waals surface area contributed by atoms with Crippen LogP contribution in [0.1, 0.15) is 5.56 Å². The Bertz CT molecular complexity index is 801. The molecule has 2 unspecified atom stereocenters. The van der Waals surface area contributed by atoms with E-state index in [2.05, 4.69) is 0 Å². The number of thiocarbonyl (C=S) groups is 1. The summed E-state index contributed by atoms with van der Waals surface area (Å²) in [7, 11) is 0. The van der Waals surface area contributed by atoms with E-state index in [4.69, 9.17) is 21.7 Å². The minimum absolute atomic E-state index is 0.109. The second-order valence-electron chi connectivity index (χ2n) is 5.40. The molecule has 122 valence electrons. The molecule has 1 aromatic rings. The molecule has 2 aliphatic heterocycles. The van der Waals surface area contributed by atoms with Crippen molar-refractivity contribution in [2.75, 3.05) is 6.79 Å². The van der Waals surface area contributed by atoms with E-state index in [1.807, 2.05) is 18.2 Å². The first-order chi connectivity index (χ1) is 11.6. The molecule has 7 heteroatoms. The number of hydrogen-bond donors (Lipinski definition) is 0. The number of carbonyl (C=O) groups excluding carboxylic acids is 1. The van der Waals surface area contributed by atoms with Crippen molar-refractivity contribution in [1.29, 1.82) is 0 Å². The first kappa shape index (κ1) is 15.7. The number of hydrogen-bond acceptors (Lipinski definition) is 5. The number of nitrogens with zero attached hydrogens (tertiary/aromatic N) is 1. The van der Waals surface area contributed by atoms with E-state index < -0.39 is 0 Å². The lowest BCUT2D eigenvalue weighted by molar-refractivity contribution is -0.120. The quantitative estimate of drug-likeness (QED) is 0.597. The Morgan fingerprint density at radius 2 is 2.00 bits per heavy atom. The number of fused-ring (bicyclic) bond motifs is 1. The molecule has 0 aromatic heterocycles. The Morgan fingerprint density at radius 3 is 2.79 bits per heavy atom. The van der Waals surface area contributed by atoms with Crippen LogP contribution in [-0.2, 0) is 14.3 Å². The number of amides is 1. The number of carbonyl (C=O) groups is 1. The van der Waals surface area contributed by atoms with E-state index >= 15 is 0 Å². The highest BCUT2D eigenvalue weighted by Crippen LogP contribution is 2.37. The van der Waals surface area contributed by atoms with Gasteiger partial charge < -0.3 is 9.47 Å². The molecule has 0 radical (unpaired) electrons. The maximum atomic E-state index is 13.0. The highest BCUT2D eigenvalue weighted by Gasteiger charge is 2.37. The topological polar surface area (TPSA) is 38.8 Å². The number of allylic oxidation sites excluding steroid dienone is 1. The predicted molar refractivity (Wildman–Crippen MR) is 93.2 cm³/mol. The van der Waals surface area contributed by atoms with E-state index in [1.165, 1.54) is 28.8 Å². The summed E-state index contributed by atoms with van der Waals surface area (Å²) < 4.78 is 24.3. The third-order valence-corrected chi connectivity index (χ3v) is 5.16. The van der Waals surface area contributed by atoms with Gasteiger partial charge in [-0.25, -0.2) is 4.39 Å². The van der Waals surface area contributed by atoms with E-state index in [0.29, 0.717) is 14.9 Å². The van der Waals surface area contributed by atoms with Crippen molar-refractivity contribution < 1.29 is 18.7 Å². The van der Waals surface area contributed by atoms with Gasteiger partial charge in [-0.2, -0.15) is 0 Å². The molecule has 2 atom stereocenters. The standard InChI is InChI=1S/C17H12FNO3S2/c18-11-3-1-10(2-4-11)7-15-16(20)19(17(23)24-15)12-5-6-13-14(8-12)22-9-21-13/h1-8,13-14H,9H2/b15-7-. The van der Waals surface area contributed by atoms with Crippen LogP contribution in [0.4, 0.5) is 4.39 Å². The zero-order valence-electron chi connectivity index (χ0n) is 12.3. The van der Waals surface area contributed by atoms with Crippen LogP contribution in [0.5, 0.6) is 0 Å². The van der Waals surface area contributed by atoms with Gasteiger partial charge in [0.1, 0.15) is 24.8 Å². The molecular weight excluding hydrogens is 349 g/mol. The molecule has 0 spiro atoms. The van der Waals surface area contributed by atoms with Gasteiger partial charge in [-0.05, 0) is 35.9 Å². The highest BCUT2D eigenvalue weighted by molar-refractivity contribution is 8.26. The summed E-state index contributed by atoms with van der Waals surface area (Å²) >= 11 is 6.58. The Labute approximate surface area is 147 Å². The lowest BCUT2D eigenvalue weighted by Gasteiger charge is -2.22. The third kappa shape index (κ3) is 2.84. The fourth-order valence-corrected chi connectivity index (χ4v) is 3.96. The maximum absolute atomic E-state index is 13.0. The lowest BCUT2D eigenvalue weighted by Crippen LogP contribution is -2.31. The molecule has 0 bridgehead atoms. The highest BCUT2D eigenvalue weighted by atomic mass is 32.2. The van der Waals surface area contributed by atoms with Crippen molar-refractivity contribution in [1.82, 2.24) is 4.90 Å². The summed E-state index contributed by atoms with van der Waals surface area (Å²) in [6.45, 7) is 0.242. The van der Waals surface area contributed by atoms with E-state index in [-0.39, 0.29) is 30.7 Å². The van der Waals surface area contributed by atoms with Gasteiger partial charge in [0.05, 0.1) is 4.91 Å². The second-order valence-corrected chi connectivity index (χ2v) is 7.08. The second kappa shape index (κ2) is 6.25. The molecule has 1 amide bonds. The van der Waals surface area contributed by atoms with Crippen LogP contribution in [0.3, 0.4) is 0 Å². The molecular formula is C17H12FNO3S2. The first-order valence-electron chi connectivity index (χ1n) is 7.28. The summed E-state index contributed by atoms with van der Waals surface area (Å²) in [5.41, 5.74) is 1.43. The molecule has 3 aliphatic rings. The van der Waals surface area contributed by atoms with Crippen molar-refractivity contribution in [3.63, 3.8) is 0 Å². The summed E-state index contributed by atoms with van der Waals surface area (Å²) in [5.74, 6) is -0.506. The molecule has 2 fully saturated rings. The fourth-order valence-electron chi connectivity index (χ4n) is 2.66. The number of benzene rings is 1. The lowest BCUT2D eigenvalue weighted by atomic mass is 10.1. The Balaban J connectivity index is 1.60. The van der Waals surface area contributed by atoms with Gasteiger partial charge in [0.25, 0.3) is 5.91 Å². The van der Waals surface area contributed by atoms with Gasteiger partial charge in [-0.15, -0.1) is 0 Å². The molecule has 4 rings (SSSR count). The summed E-state index contributed by atoms with van der Waals surface area (Å²) in [6.07, 6.45) is 6.95. The van der Waals surface area contributed by atoms with Crippen LogP contribution in [0.25, 0.3) is 6.08 Å². The van der Waals surface area contributed by atoms with Gasteiger partial charge in [-0.1, -0.05) is 42.2 Å². The average molecular weight is 361 g/mol. The SMILES string of the molecule is O=C1/C(=C/c2ccc(F)cc2)SC(=S)N1C1=CC2OCOC2C=C1. The minimum Gasteiger partial charge on any atom is -0.345 e. The minimum atomic E-state index is -0.314. The molecule has 2 heterocycles. The van der Waals surface area contributed by atoms with Crippen molar-refractivity contribution in [3.05, 3.63) is 64.5 Å². The number of ether oxygens (including phenoxy) is 2. The molecule has 1 aromatic carbocycles. The fraction of sp³-hybridized carbons (Fsp3) is 0.176. The Hall–Kier alpha value is -1.80. The summed E-state index contributed by atoms with van der Waals surface area (Å²) in [5, 5.41) is 0. The third-order valence-electron chi connectivity index (χ3n) is 3.86. The maximum Gasteiger partial charge on any atom is 0.270 e. The van der Waals surface area contributed by atoms with Crippen molar-refractivity contribution >= 4 is 40.3 Å². The smallest absolute Gasteiger partial charge is 0.270 e. The molecule has 4 nitrogen and oxygen atoms in total. The van der Waals surface area contributed by atoms with E-state index in [9.17, 15) is 9.18 Å². The van der Waals surface area contributed by atoms with Gasteiger partial charge >= 0.3 is 0 Å². The molecule has 1 aliphatic carbocycles. The zero-order chi connectivity index (χ0) is 16.7. The number of halogens is 1. The van der Waals surface area contributed by atoms with Crippen LogP contribution in [0, 0.1) is 5.82 Å². The largest absolute Gasteiger partial charge is 0.345 e. The predicted octanol–water partition coefficient (Wildman–Crippen LogP) is 3.22. The van der Waals surface area contributed by atoms with Crippen molar-refractivity contribution in [3.8, 4) is 0 Å². The summed E-state index contributed by atoms with van der Waals surface area (Å²) in [6, 6.07) is 5.96. The van der Waals surface area contributed by atoms with Crippen LogP contribution in [-0.4, -0.2) is 34.1 Å². The van der Waals surface area contributed by atoms with Gasteiger partial charge in [-0.3, -0.25) is 9.69 Å². The zero-order valence-corrected chi connectivity index (χ0v) is 14.0. The monoisotopic (exact) mass is 361 g/mol. The Morgan fingerprint density at radius 1 is 1.25 bits per heavy atom. The summed E-state index contributed by atoms with van der Waals surface area (Å²) in [4.78, 5) is 14.7. The van der Waals surface area contributed by atoms with Crippen molar-refractivity contribution in [2.45, 2.75) is 12.2 Å².